The lowest BCUT2D eigenvalue weighted by atomic mass is 10.2. The van der Waals surface area contributed by atoms with Crippen LogP contribution in [0.4, 0.5) is 10.1 Å². The number of aromatic nitrogens is 2. The quantitative estimate of drug-likeness (QED) is 0.802. The molecule has 1 aromatic heterocycles. The van der Waals surface area contributed by atoms with E-state index in [9.17, 15) is 9.18 Å². The second-order valence-corrected chi connectivity index (χ2v) is 6.46. The van der Waals surface area contributed by atoms with E-state index >= 15 is 0 Å². The SMILES string of the molecule is C/C(Cc1nnc(CC(=O)NC2(C#N)CC2)o1)=N\c1ccc(F)cc1C. The number of nitrogens with one attached hydrogen (secondary N) is 1. The molecule has 1 aliphatic rings. The van der Waals surface area contributed by atoms with Crippen LogP contribution in [0.25, 0.3) is 0 Å². The van der Waals surface area contributed by atoms with Gasteiger partial charge in [0, 0.05) is 5.71 Å². The van der Waals surface area contributed by atoms with Crippen LogP contribution in [0.3, 0.4) is 0 Å². The number of nitrogens with zero attached hydrogens (tertiary/aromatic N) is 4. The Morgan fingerprint density at radius 1 is 1.38 bits per heavy atom. The molecule has 1 saturated carbocycles. The maximum absolute atomic E-state index is 13.1. The summed E-state index contributed by atoms with van der Waals surface area (Å²) in [5.41, 5.74) is 1.42. The molecule has 1 heterocycles. The highest BCUT2D eigenvalue weighted by atomic mass is 19.1. The van der Waals surface area contributed by atoms with Crippen molar-refractivity contribution >= 4 is 17.3 Å². The molecule has 1 fully saturated rings. The van der Waals surface area contributed by atoms with E-state index in [0.717, 1.165) is 11.3 Å². The zero-order valence-corrected chi connectivity index (χ0v) is 14.5. The topological polar surface area (TPSA) is 104 Å². The second kappa shape index (κ2) is 7.04. The van der Waals surface area contributed by atoms with Crippen molar-refractivity contribution in [2.45, 2.75) is 45.1 Å². The van der Waals surface area contributed by atoms with Gasteiger partial charge in [-0.05, 0) is 50.5 Å². The largest absolute Gasteiger partial charge is 0.424 e. The minimum Gasteiger partial charge on any atom is -0.424 e. The number of carbonyl (C=O) groups excluding carboxylic acids is 1. The van der Waals surface area contributed by atoms with Crippen LogP contribution in [0.1, 0.15) is 37.1 Å². The van der Waals surface area contributed by atoms with E-state index in [4.69, 9.17) is 9.68 Å². The molecule has 0 atom stereocenters. The number of amides is 1. The number of aliphatic imine (C=N–C) groups is 1. The van der Waals surface area contributed by atoms with Crippen LogP contribution >= 0.6 is 0 Å². The number of benzene rings is 1. The van der Waals surface area contributed by atoms with Crippen LogP contribution in [0.2, 0.25) is 0 Å². The first-order chi connectivity index (χ1) is 12.4. The van der Waals surface area contributed by atoms with E-state index in [-0.39, 0.29) is 24.0 Å². The number of hydrogen-bond acceptors (Lipinski definition) is 6. The van der Waals surface area contributed by atoms with Crippen molar-refractivity contribution in [1.29, 1.82) is 5.26 Å². The van der Waals surface area contributed by atoms with Gasteiger partial charge in [-0.1, -0.05) is 0 Å². The third-order valence-electron chi connectivity index (χ3n) is 4.04. The maximum Gasteiger partial charge on any atom is 0.230 e. The minimum atomic E-state index is -0.712. The fourth-order valence-electron chi connectivity index (χ4n) is 2.48. The Bertz CT molecular complexity index is 909. The Kier molecular flexibility index (Phi) is 4.80. The fraction of sp³-hybridized carbons (Fsp3) is 0.389. The molecule has 0 unspecified atom stereocenters. The molecule has 8 heteroatoms. The summed E-state index contributed by atoms with van der Waals surface area (Å²) in [4.78, 5) is 16.4. The third kappa shape index (κ3) is 4.30. The summed E-state index contributed by atoms with van der Waals surface area (Å²) in [6, 6.07) is 6.48. The number of rotatable bonds is 6. The Balaban J connectivity index is 1.60. The van der Waals surface area contributed by atoms with Crippen LogP contribution in [-0.4, -0.2) is 27.4 Å². The average Bonchev–Trinajstić information content (AvgIpc) is 3.22. The van der Waals surface area contributed by atoms with E-state index in [1.54, 1.807) is 13.0 Å². The first kappa shape index (κ1) is 17.7. The van der Waals surface area contributed by atoms with Crippen molar-refractivity contribution < 1.29 is 13.6 Å². The van der Waals surface area contributed by atoms with E-state index in [2.05, 4.69) is 26.6 Å². The molecule has 3 rings (SSSR count). The summed E-state index contributed by atoms with van der Waals surface area (Å²) >= 11 is 0. The van der Waals surface area contributed by atoms with Crippen LogP contribution in [0, 0.1) is 24.1 Å². The van der Waals surface area contributed by atoms with Gasteiger partial charge in [0.1, 0.15) is 17.8 Å². The predicted octanol–water partition coefficient (Wildman–Crippen LogP) is 2.57. The first-order valence-electron chi connectivity index (χ1n) is 8.23. The lowest BCUT2D eigenvalue weighted by Crippen LogP contribution is -2.36. The first-order valence-corrected chi connectivity index (χ1v) is 8.23. The normalized spacial score (nSPS) is 15.4. The van der Waals surface area contributed by atoms with Crippen LogP contribution in [-0.2, 0) is 17.6 Å². The molecule has 2 aromatic rings. The van der Waals surface area contributed by atoms with Crippen LogP contribution < -0.4 is 5.32 Å². The number of halogens is 1. The van der Waals surface area contributed by atoms with E-state index in [1.165, 1.54) is 12.1 Å². The predicted molar refractivity (Wildman–Crippen MR) is 91.3 cm³/mol. The fourth-order valence-corrected chi connectivity index (χ4v) is 2.48. The molecule has 1 aromatic carbocycles. The van der Waals surface area contributed by atoms with Crippen LogP contribution in [0.5, 0.6) is 0 Å². The molecule has 1 amide bonds. The maximum atomic E-state index is 13.1. The van der Waals surface area contributed by atoms with Crippen molar-refractivity contribution in [3.05, 3.63) is 41.4 Å². The van der Waals surface area contributed by atoms with Crippen LogP contribution in [0.15, 0.2) is 27.6 Å². The van der Waals surface area contributed by atoms with Gasteiger partial charge in [0.2, 0.25) is 17.7 Å². The molecule has 26 heavy (non-hydrogen) atoms. The number of aryl methyl sites for hydroxylation is 1. The molecule has 0 spiro atoms. The Morgan fingerprint density at radius 3 is 2.69 bits per heavy atom. The molecule has 0 radical (unpaired) electrons. The lowest BCUT2D eigenvalue weighted by molar-refractivity contribution is -0.121. The monoisotopic (exact) mass is 355 g/mol. The molecule has 1 aliphatic carbocycles. The van der Waals surface area contributed by atoms with Gasteiger partial charge in [0.05, 0.1) is 18.2 Å². The standard InChI is InChI=1S/C18H18FN5O2/c1-11-7-13(19)3-4-14(11)21-12(2)8-16-23-24-17(26-16)9-15(25)22-18(10-20)5-6-18/h3-4,7H,5-6,8-9H2,1-2H3,(H,22,25)/b21-12+. The van der Waals surface area contributed by atoms with E-state index in [0.29, 0.717) is 30.8 Å². The highest BCUT2D eigenvalue weighted by molar-refractivity contribution is 5.86. The van der Waals surface area contributed by atoms with E-state index in [1.807, 2.05) is 6.92 Å². The molecule has 0 saturated heterocycles. The summed E-state index contributed by atoms with van der Waals surface area (Å²) in [6.07, 6.45) is 1.60. The summed E-state index contributed by atoms with van der Waals surface area (Å²) < 4.78 is 18.6. The van der Waals surface area contributed by atoms with Crippen molar-refractivity contribution in [3.8, 4) is 6.07 Å². The Morgan fingerprint density at radius 2 is 2.08 bits per heavy atom. The van der Waals surface area contributed by atoms with Gasteiger partial charge in [-0.25, -0.2) is 4.39 Å². The Labute approximate surface area is 149 Å². The van der Waals surface area contributed by atoms with Crippen molar-refractivity contribution in [3.63, 3.8) is 0 Å². The van der Waals surface area contributed by atoms with Crippen molar-refractivity contribution in [1.82, 2.24) is 15.5 Å². The number of carbonyl (C=O) groups is 1. The van der Waals surface area contributed by atoms with Crippen molar-refractivity contribution in [2.75, 3.05) is 0 Å². The van der Waals surface area contributed by atoms with E-state index < -0.39 is 5.54 Å². The smallest absolute Gasteiger partial charge is 0.230 e. The van der Waals surface area contributed by atoms with Gasteiger partial charge in [-0.2, -0.15) is 5.26 Å². The molecule has 1 N–H and O–H groups in total. The summed E-state index contributed by atoms with van der Waals surface area (Å²) in [5.74, 6) is -0.0814. The molecule has 0 bridgehead atoms. The lowest BCUT2D eigenvalue weighted by Gasteiger charge is -2.06. The zero-order valence-electron chi connectivity index (χ0n) is 14.5. The van der Waals surface area contributed by atoms with Gasteiger partial charge in [0.25, 0.3) is 0 Å². The highest BCUT2D eigenvalue weighted by Crippen LogP contribution is 2.34. The van der Waals surface area contributed by atoms with Crippen molar-refractivity contribution in [2.24, 2.45) is 4.99 Å². The summed E-state index contributed by atoms with van der Waals surface area (Å²) in [7, 11) is 0. The summed E-state index contributed by atoms with van der Waals surface area (Å²) in [5, 5.41) is 19.4. The highest BCUT2D eigenvalue weighted by Gasteiger charge is 2.44. The minimum absolute atomic E-state index is 0.0658. The van der Waals surface area contributed by atoms with Gasteiger partial charge in [0.15, 0.2) is 0 Å². The molecule has 7 nitrogen and oxygen atoms in total. The average molecular weight is 355 g/mol. The molecular weight excluding hydrogens is 337 g/mol. The Hall–Kier alpha value is -3.08. The van der Waals surface area contributed by atoms with Gasteiger partial charge >= 0.3 is 0 Å². The number of hydrogen-bond donors (Lipinski definition) is 1. The summed E-state index contributed by atoms with van der Waals surface area (Å²) in [6.45, 7) is 3.59. The number of nitriles is 1. The third-order valence-corrected chi connectivity index (χ3v) is 4.04. The molecular formula is C18H18FN5O2. The van der Waals surface area contributed by atoms with Gasteiger partial charge < -0.3 is 9.73 Å². The molecule has 0 aliphatic heterocycles. The second-order valence-electron chi connectivity index (χ2n) is 6.46. The zero-order chi connectivity index (χ0) is 18.7. The van der Waals surface area contributed by atoms with Gasteiger partial charge in [-0.3, -0.25) is 9.79 Å². The van der Waals surface area contributed by atoms with Gasteiger partial charge in [-0.15, -0.1) is 10.2 Å². The molecule has 134 valence electrons.